The molecule has 2 rings (SSSR count). The second-order valence-electron chi connectivity index (χ2n) is 5.21. The van der Waals surface area contributed by atoms with Crippen molar-refractivity contribution in [2.24, 2.45) is 0 Å². The van der Waals surface area contributed by atoms with Gasteiger partial charge in [0.1, 0.15) is 0 Å². The van der Waals surface area contributed by atoms with Crippen LogP contribution in [0.3, 0.4) is 0 Å². The Labute approximate surface area is 102 Å². The van der Waals surface area contributed by atoms with Gasteiger partial charge in [0.05, 0.1) is 5.54 Å². The maximum Gasteiger partial charge on any atom is 0.240 e. The van der Waals surface area contributed by atoms with Crippen molar-refractivity contribution >= 4 is 11.8 Å². The molecule has 1 unspecified atom stereocenters. The summed E-state index contributed by atoms with van der Waals surface area (Å²) in [6.07, 6.45) is 4.47. The molecule has 1 saturated carbocycles. The first-order chi connectivity index (χ1) is 8.10. The van der Waals surface area contributed by atoms with E-state index in [0.717, 1.165) is 32.2 Å². The summed E-state index contributed by atoms with van der Waals surface area (Å²) in [5.41, 5.74) is -0.438. The number of hydrogen-bond acceptors (Lipinski definition) is 3. The Hall–Kier alpha value is -1.10. The fraction of sp³-hybridized carbons (Fsp3) is 0.833. The third kappa shape index (κ3) is 3.43. The molecule has 2 amide bonds. The molecular formula is C12H21N3O2. The van der Waals surface area contributed by atoms with Crippen LogP contribution in [0.1, 0.15) is 39.0 Å². The van der Waals surface area contributed by atoms with E-state index in [1.807, 2.05) is 6.92 Å². The zero-order valence-corrected chi connectivity index (χ0v) is 10.3. The van der Waals surface area contributed by atoms with Crippen molar-refractivity contribution in [3.63, 3.8) is 0 Å². The zero-order chi connectivity index (χ0) is 12.3. The number of rotatable bonds is 5. The number of carbonyl (C=O) groups excluding carboxylic acids is 2. The molecule has 5 heteroatoms. The van der Waals surface area contributed by atoms with Gasteiger partial charge < -0.3 is 16.0 Å². The van der Waals surface area contributed by atoms with Crippen LogP contribution in [0.25, 0.3) is 0 Å². The average molecular weight is 239 g/mol. The first-order valence-electron chi connectivity index (χ1n) is 6.43. The Bertz CT molecular complexity index is 307. The van der Waals surface area contributed by atoms with Crippen LogP contribution >= 0.6 is 0 Å². The van der Waals surface area contributed by atoms with Crippen molar-refractivity contribution in [2.45, 2.75) is 50.6 Å². The van der Waals surface area contributed by atoms with Crippen molar-refractivity contribution in [1.82, 2.24) is 16.0 Å². The van der Waals surface area contributed by atoms with E-state index in [4.69, 9.17) is 0 Å². The first kappa shape index (κ1) is 12.4. The lowest BCUT2D eigenvalue weighted by Crippen LogP contribution is -2.51. The summed E-state index contributed by atoms with van der Waals surface area (Å²) in [6, 6.07) is 0.396. The van der Waals surface area contributed by atoms with Crippen LogP contribution in [0.5, 0.6) is 0 Å². The third-order valence-electron chi connectivity index (χ3n) is 3.45. The molecule has 1 aliphatic carbocycles. The Morgan fingerprint density at radius 2 is 2.18 bits per heavy atom. The lowest BCUT2D eigenvalue weighted by Gasteiger charge is -2.22. The highest BCUT2D eigenvalue weighted by molar-refractivity contribution is 5.86. The molecule has 0 bridgehead atoms. The highest BCUT2D eigenvalue weighted by atomic mass is 16.2. The smallest absolute Gasteiger partial charge is 0.240 e. The predicted molar refractivity (Wildman–Crippen MR) is 64.4 cm³/mol. The Morgan fingerprint density at radius 1 is 1.41 bits per heavy atom. The lowest BCUT2D eigenvalue weighted by molar-refractivity contribution is -0.126. The topological polar surface area (TPSA) is 70.2 Å². The molecule has 2 fully saturated rings. The highest BCUT2D eigenvalue weighted by Gasteiger charge is 2.35. The SMILES string of the molecule is CC1(C(=O)NCCC(=O)NC2CC2)CCCN1. The van der Waals surface area contributed by atoms with Gasteiger partial charge in [-0.15, -0.1) is 0 Å². The van der Waals surface area contributed by atoms with Crippen LogP contribution in [0.2, 0.25) is 0 Å². The Kier molecular flexibility index (Phi) is 3.66. The van der Waals surface area contributed by atoms with Gasteiger partial charge in [-0.2, -0.15) is 0 Å². The van der Waals surface area contributed by atoms with Crippen LogP contribution in [-0.4, -0.2) is 36.5 Å². The monoisotopic (exact) mass is 239 g/mol. The van der Waals surface area contributed by atoms with Crippen LogP contribution in [0.4, 0.5) is 0 Å². The summed E-state index contributed by atoms with van der Waals surface area (Å²) < 4.78 is 0. The summed E-state index contributed by atoms with van der Waals surface area (Å²) in [7, 11) is 0. The molecule has 0 aromatic carbocycles. The van der Waals surface area contributed by atoms with Gasteiger partial charge >= 0.3 is 0 Å². The average Bonchev–Trinajstić information content (AvgIpc) is 2.98. The van der Waals surface area contributed by atoms with Gasteiger partial charge in [-0.3, -0.25) is 9.59 Å². The van der Waals surface area contributed by atoms with Gasteiger partial charge in [0.2, 0.25) is 11.8 Å². The predicted octanol–water partition coefficient (Wildman–Crippen LogP) is -0.0866. The van der Waals surface area contributed by atoms with Gasteiger partial charge in [-0.1, -0.05) is 0 Å². The molecule has 3 N–H and O–H groups in total. The number of nitrogens with one attached hydrogen (secondary N) is 3. The molecule has 1 aliphatic heterocycles. The standard InChI is InChI=1S/C12H21N3O2/c1-12(6-2-7-14-12)11(17)13-8-5-10(16)15-9-3-4-9/h9,14H,2-8H2,1H3,(H,13,17)(H,15,16). The normalized spacial score (nSPS) is 27.8. The highest BCUT2D eigenvalue weighted by Crippen LogP contribution is 2.19. The summed E-state index contributed by atoms with van der Waals surface area (Å²) in [4.78, 5) is 23.3. The number of amides is 2. The van der Waals surface area contributed by atoms with Crippen LogP contribution in [-0.2, 0) is 9.59 Å². The number of carbonyl (C=O) groups is 2. The third-order valence-corrected chi connectivity index (χ3v) is 3.45. The van der Waals surface area contributed by atoms with Crippen LogP contribution in [0.15, 0.2) is 0 Å². The summed E-state index contributed by atoms with van der Waals surface area (Å²) in [5, 5.41) is 8.93. The van der Waals surface area contributed by atoms with E-state index in [1.165, 1.54) is 0 Å². The van der Waals surface area contributed by atoms with Gasteiger partial charge in [0.25, 0.3) is 0 Å². The maximum atomic E-state index is 11.9. The molecule has 1 heterocycles. The van der Waals surface area contributed by atoms with Crippen molar-refractivity contribution in [2.75, 3.05) is 13.1 Å². The van der Waals surface area contributed by atoms with Gasteiger partial charge in [0.15, 0.2) is 0 Å². The molecule has 0 aromatic rings. The van der Waals surface area contributed by atoms with Crippen LogP contribution in [0, 0.1) is 0 Å². The van der Waals surface area contributed by atoms with Gasteiger partial charge in [-0.25, -0.2) is 0 Å². The van der Waals surface area contributed by atoms with Gasteiger partial charge in [-0.05, 0) is 39.2 Å². The minimum Gasteiger partial charge on any atom is -0.354 e. The van der Waals surface area contributed by atoms with Crippen LogP contribution < -0.4 is 16.0 Å². The van der Waals surface area contributed by atoms with Gasteiger partial charge in [0, 0.05) is 19.0 Å². The van der Waals surface area contributed by atoms with E-state index >= 15 is 0 Å². The molecule has 1 saturated heterocycles. The van der Waals surface area contributed by atoms with E-state index in [-0.39, 0.29) is 11.8 Å². The molecule has 0 radical (unpaired) electrons. The minimum absolute atomic E-state index is 0.00854. The lowest BCUT2D eigenvalue weighted by atomic mass is 9.99. The fourth-order valence-electron chi connectivity index (χ4n) is 2.10. The van der Waals surface area contributed by atoms with Crippen molar-refractivity contribution in [1.29, 1.82) is 0 Å². The zero-order valence-electron chi connectivity index (χ0n) is 10.3. The van der Waals surface area contributed by atoms with Crippen molar-refractivity contribution < 1.29 is 9.59 Å². The summed E-state index contributed by atoms with van der Waals surface area (Å²) >= 11 is 0. The van der Waals surface area contributed by atoms with E-state index < -0.39 is 5.54 Å². The molecule has 5 nitrogen and oxygen atoms in total. The Morgan fingerprint density at radius 3 is 2.76 bits per heavy atom. The second-order valence-corrected chi connectivity index (χ2v) is 5.21. The molecule has 0 spiro atoms. The van der Waals surface area contributed by atoms with E-state index in [1.54, 1.807) is 0 Å². The van der Waals surface area contributed by atoms with E-state index in [9.17, 15) is 9.59 Å². The van der Waals surface area contributed by atoms with Crippen molar-refractivity contribution in [3.05, 3.63) is 0 Å². The molecule has 0 aromatic heterocycles. The quantitative estimate of drug-likeness (QED) is 0.628. The molecule has 96 valence electrons. The second kappa shape index (κ2) is 5.04. The molecule has 1 atom stereocenters. The molecule has 17 heavy (non-hydrogen) atoms. The summed E-state index contributed by atoms with van der Waals surface area (Å²) in [5.74, 6) is 0.0477. The Balaban J connectivity index is 1.63. The minimum atomic E-state index is -0.438. The van der Waals surface area contributed by atoms with Crippen molar-refractivity contribution in [3.8, 4) is 0 Å². The fourth-order valence-corrected chi connectivity index (χ4v) is 2.10. The van der Waals surface area contributed by atoms with E-state index in [0.29, 0.717) is 19.0 Å². The largest absolute Gasteiger partial charge is 0.354 e. The summed E-state index contributed by atoms with van der Waals surface area (Å²) in [6.45, 7) is 3.24. The maximum absolute atomic E-state index is 11.9. The number of hydrogen-bond donors (Lipinski definition) is 3. The first-order valence-corrected chi connectivity index (χ1v) is 6.43. The molecule has 2 aliphatic rings. The van der Waals surface area contributed by atoms with E-state index in [2.05, 4.69) is 16.0 Å². The molecular weight excluding hydrogens is 218 g/mol.